The number of nitrogens with one attached hydrogen (secondary N) is 2. The lowest BCUT2D eigenvalue weighted by atomic mass is 10.2. The van der Waals surface area contributed by atoms with Gasteiger partial charge in [-0.1, -0.05) is 0 Å². The number of rotatable bonds is 4. The highest BCUT2D eigenvalue weighted by Crippen LogP contribution is 2.19. The van der Waals surface area contributed by atoms with Gasteiger partial charge in [-0.15, -0.1) is 10.2 Å². The van der Waals surface area contributed by atoms with Gasteiger partial charge in [0.1, 0.15) is 11.6 Å². The largest absolute Gasteiger partial charge is 0.314 e. The van der Waals surface area contributed by atoms with Crippen molar-refractivity contribution in [3.05, 3.63) is 11.6 Å². The number of aromatic nitrogens is 3. The first-order valence-corrected chi connectivity index (χ1v) is 6.73. The third-order valence-corrected chi connectivity index (χ3v) is 3.86. The van der Waals surface area contributed by atoms with Crippen LogP contribution < -0.4 is 10.6 Å². The van der Waals surface area contributed by atoms with Gasteiger partial charge in [0.05, 0.1) is 6.04 Å². The molecular formula is C12H21N5. The summed E-state index contributed by atoms with van der Waals surface area (Å²) in [5.74, 6) is 2.27. The molecular weight excluding hydrogens is 214 g/mol. The molecule has 1 aromatic heterocycles. The highest BCUT2D eigenvalue weighted by molar-refractivity contribution is 5.04. The Labute approximate surface area is 102 Å². The van der Waals surface area contributed by atoms with Crippen LogP contribution in [0, 0.1) is 0 Å². The van der Waals surface area contributed by atoms with Crippen molar-refractivity contribution in [3.8, 4) is 0 Å². The second-order valence-electron chi connectivity index (χ2n) is 5.15. The van der Waals surface area contributed by atoms with Gasteiger partial charge in [0.2, 0.25) is 0 Å². The fourth-order valence-corrected chi connectivity index (χ4v) is 2.83. The number of hydrogen-bond donors (Lipinski definition) is 2. The molecule has 5 nitrogen and oxygen atoms in total. The van der Waals surface area contributed by atoms with E-state index in [2.05, 4.69) is 32.3 Å². The van der Waals surface area contributed by atoms with Crippen molar-refractivity contribution in [2.45, 2.75) is 51.2 Å². The fourth-order valence-electron chi connectivity index (χ4n) is 2.83. The van der Waals surface area contributed by atoms with Crippen LogP contribution in [-0.2, 0) is 13.0 Å². The first-order valence-electron chi connectivity index (χ1n) is 6.73. The highest BCUT2D eigenvalue weighted by atomic mass is 15.3. The van der Waals surface area contributed by atoms with Gasteiger partial charge in [0.25, 0.3) is 0 Å². The maximum atomic E-state index is 4.31. The van der Waals surface area contributed by atoms with E-state index in [9.17, 15) is 0 Å². The zero-order valence-electron chi connectivity index (χ0n) is 10.4. The van der Waals surface area contributed by atoms with Crippen molar-refractivity contribution in [1.82, 2.24) is 25.4 Å². The topological polar surface area (TPSA) is 54.8 Å². The summed E-state index contributed by atoms with van der Waals surface area (Å²) in [6, 6.07) is 0.940. The minimum Gasteiger partial charge on any atom is -0.314 e. The first-order chi connectivity index (χ1) is 8.34. The van der Waals surface area contributed by atoms with Gasteiger partial charge in [-0.25, -0.2) is 0 Å². The molecule has 94 valence electrons. The standard InChI is InChI=1S/C12H21N5/c1-9(14-8-10-4-2-6-13-10)12-16-15-11-5-3-7-17(11)12/h9-10,13-14H,2-8H2,1H3. The fraction of sp³-hybridized carbons (Fsp3) is 0.833. The van der Waals surface area contributed by atoms with E-state index in [1.54, 1.807) is 0 Å². The van der Waals surface area contributed by atoms with E-state index in [1.807, 2.05) is 0 Å². The minimum atomic E-state index is 0.303. The third-order valence-electron chi connectivity index (χ3n) is 3.86. The molecule has 3 rings (SSSR count). The molecule has 1 saturated heterocycles. The molecule has 0 radical (unpaired) electrons. The SMILES string of the molecule is CC(NCC1CCCN1)c1nnc2n1CCC2. The monoisotopic (exact) mass is 235 g/mol. The van der Waals surface area contributed by atoms with E-state index in [4.69, 9.17) is 0 Å². The number of nitrogens with zero attached hydrogens (tertiary/aromatic N) is 3. The van der Waals surface area contributed by atoms with E-state index < -0.39 is 0 Å². The molecule has 0 aromatic carbocycles. The Morgan fingerprint density at radius 1 is 1.47 bits per heavy atom. The van der Waals surface area contributed by atoms with Gasteiger partial charge in [0, 0.05) is 25.6 Å². The smallest absolute Gasteiger partial charge is 0.149 e. The molecule has 1 aromatic rings. The molecule has 0 amide bonds. The van der Waals surface area contributed by atoms with Crippen molar-refractivity contribution in [3.63, 3.8) is 0 Å². The van der Waals surface area contributed by atoms with Gasteiger partial charge in [0.15, 0.2) is 0 Å². The second-order valence-corrected chi connectivity index (χ2v) is 5.15. The van der Waals surface area contributed by atoms with Crippen LogP contribution in [0.15, 0.2) is 0 Å². The van der Waals surface area contributed by atoms with Crippen LogP contribution in [0.1, 0.15) is 43.9 Å². The Morgan fingerprint density at radius 3 is 3.24 bits per heavy atom. The zero-order valence-corrected chi connectivity index (χ0v) is 10.4. The van der Waals surface area contributed by atoms with E-state index in [0.29, 0.717) is 12.1 Å². The maximum Gasteiger partial charge on any atom is 0.149 e. The molecule has 1 fully saturated rings. The average Bonchev–Trinajstić information content (AvgIpc) is 3.02. The molecule has 2 N–H and O–H groups in total. The van der Waals surface area contributed by atoms with Crippen molar-refractivity contribution in [2.24, 2.45) is 0 Å². The lowest BCUT2D eigenvalue weighted by Gasteiger charge is -2.17. The highest BCUT2D eigenvalue weighted by Gasteiger charge is 2.22. The van der Waals surface area contributed by atoms with Crippen LogP contribution in [0.2, 0.25) is 0 Å². The minimum absolute atomic E-state index is 0.303. The zero-order chi connectivity index (χ0) is 11.7. The maximum absolute atomic E-state index is 4.31. The van der Waals surface area contributed by atoms with E-state index in [-0.39, 0.29) is 0 Å². The van der Waals surface area contributed by atoms with Crippen LogP contribution in [0.5, 0.6) is 0 Å². The number of fused-ring (bicyclic) bond motifs is 1. The summed E-state index contributed by atoms with van der Waals surface area (Å²) in [5, 5.41) is 15.6. The van der Waals surface area contributed by atoms with Crippen molar-refractivity contribution in [2.75, 3.05) is 13.1 Å². The Hall–Kier alpha value is -0.940. The normalized spacial score (nSPS) is 25.1. The molecule has 17 heavy (non-hydrogen) atoms. The Kier molecular flexibility index (Phi) is 3.11. The van der Waals surface area contributed by atoms with Crippen LogP contribution in [-0.4, -0.2) is 33.9 Å². The summed E-state index contributed by atoms with van der Waals surface area (Å²) in [7, 11) is 0. The molecule has 2 aliphatic rings. The van der Waals surface area contributed by atoms with Crippen LogP contribution in [0.3, 0.4) is 0 Å². The quantitative estimate of drug-likeness (QED) is 0.803. The molecule has 2 atom stereocenters. The van der Waals surface area contributed by atoms with Gasteiger partial charge < -0.3 is 15.2 Å². The molecule has 0 spiro atoms. The molecule has 0 aliphatic carbocycles. The van der Waals surface area contributed by atoms with Gasteiger partial charge in [-0.05, 0) is 32.7 Å². The van der Waals surface area contributed by atoms with E-state index in [0.717, 1.165) is 31.2 Å². The predicted molar refractivity (Wildman–Crippen MR) is 65.8 cm³/mol. The second kappa shape index (κ2) is 4.74. The third kappa shape index (κ3) is 2.21. The first kappa shape index (κ1) is 11.2. The van der Waals surface area contributed by atoms with Crippen LogP contribution >= 0.6 is 0 Å². The van der Waals surface area contributed by atoms with Crippen molar-refractivity contribution >= 4 is 0 Å². The lowest BCUT2D eigenvalue weighted by Crippen LogP contribution is -2.35. The van der Waals surface area contributed by atoms with Gasteiger partial charge in [-0.2, -0.15) is 0 Å². The Morgan fingerprint density at radius 2 is 2.41 bits per heavy atom. The Balaban J connectivity index is 1.59. The summed E-state index contributed by atoms with van der Waals surface area (Å²) in [6.45, 7) is 5.47. The molecule has 0 bridgehead atoms. The lowest BCUT2D eigenvalue weighted by molar-refractivity contribution is 0.464. The summed E-state index contributed by atoms with van der Waals surface area (Å²) >= 11 is 0. The summed E-state index contributed by atoms with van der Waals surface area (Å²) in [6.07, 6.45) is 4.90. The van der Waals surface area contributed by atoms with E-state index >= 15 is 0 Å². The molecule has 2 aliphatic heterocycles. The van der Waals surface area contributed by atoms with Crippen molar-refractivity contribution < 1.29 is 0 Å². The van der Waals surface area contributed by atoms with Crippen molar-refractivity contribution in [1.29, 1.82) is 0 Å². The van der Waals surface area contributed by atoms with E-state index in [1.165, 1.54) is 25.8 Å². The van der Waals surface area contributed by atoms with Gasteiger partial charge >= 0.3 is 0 Å². The molecule has 3 heterocycles. The van der Waals surface area contributed by atoms with Crippen LogP contribution in [0.25, 0.3) is 0 Å². The van der Waals surface area contributed by atoms with Gasteiger partial charge in [-0.3, -0.25) is 0 Å². The number of hydrogen-bond acceptors (Lipinski definition) is 4. The molecule has 5 heteroatoms. The summed E-state index contributed by atoms with van der Waals surface area (Å²) in [5.41, 5.74) is 0. The Bertz CT molecular complexity index is 380. The average molecular weight is 235 g/mol. The van der Waals surface area contributed by atoms with Crippen LogP contribution in [0.4, 0.5) is 0 Å². The summed E-state index contributed by atoms with van der Waals surface area (Å²) < 4.78 is 2.28. The predicted octanol–water partition coefficient (Wildman–Crippen LogP) is 0.627. The summed E-state index contributed by atoms with van der Waals surface area (Å²) in [4.78, 5) is 0. The number of aryl methyl sites for hydroxylation is 1. The molecule has 0 saturated carbocycles. The molecule has 2 unspecified atom stereocenters.